The van der Waals surface area contributed by atoms with Crippen LogP contribution < -0.4 is 16.4 Å². The molecule has 1 fully saturated rings. The first-order valence-corrected chi connectivity index (χ1v) is 7.18. The second-order valence-electron chi connectivity index (χ2n) is 4.83. The van der Waals surface area contributed by atoms with E-state index in [0.29, 0.717) is 23.2 Å². The lowest BCUT2D eigenvalue weighted by molar-refractivity contribution is 0.0953. The van der Waals surface area contributed by atoms with Crippen molar-refractivity contribution in [2.45, 2.75) is 25.4 Å². The van der Waals surface area contributed by atoms with Gasteiger partial charge in [0.2, 0.25) is 0 Å². The fourth-order valence-electron chi connectivity index (χ4n) is 1.85. The molecule has 0 saturated heterocycles. The quantitative estimate of drug-likeness (QED) is 0.762. The molecule has 3 rings (SSSR count). The van der Waals surface area contributed by atoms with Crippen LogP contribution in [0.5, 0.6) is 0 Å². The van der Waals surface area contributed by atoms with Crippen LogP contribution in [-0.2, 0) is 13.6 Å². The monoisotopic (exact) mass is 292 g/mol. The lowest BCUT2D eigenvalue weighted by atomic mass is 10.3. The fraction of sp³-hybridized carbons (Fsp3) is 0.417. The van der Waals surface area contributed by atoms with Gasteiger partial charge >= 0.3 is 0 Å². The standard InChI is InChI=1S/C12H16N6OS/c1-18-5-4-14-8(18)6-15-12-9(10(13)17-20-12)11(19)16-7-2-3-7/h4-5,7,15H,2-3,6H2,1H3,(H2,13,17)(H,16,19). The summed E-state index contributed by atoms with van der Waals surface area (Å²) in [6.45, 7) is 0.523. The maximum atomic E-state index is 12.1. The van der Waals surface area contributed by atoms with Gasteiger partial charge in [-0.3, -0.25) is 4.79 Å². The Morgan fingerprint density at radius 1 is 1.60 bits per heavy atom. The zero-order chi connectivity index (χ0) is 14.1. The predicted octanol–water partition coefficient (Wildman–Crippen LogP) is 0.963. The minimum atomic E-state index is -0.152. The van der Waals surface area contributed by atoms with E-state index >= 15 is 0 Å². The molecule has 20 heavy (non-hydrogen) atoms. The van der Waals surface area contributed by atoms with Crippen molar-refractivity contribution in [1.82, 2.24) is 19.2 Å². The number of rotatable bonds is 5. The normalized spacial score (nSPS) is 14.2. The van der Waals surface area contributed by atoms with Crippen LogP contribution >= 0.6 is 11.5 Å². The van der Waals surface area contributed by atoms with Crippen LogP contribution in [0.3, 0.4) is 0 Å². The first kappa shape index (κ1) is 12.9. The van der Waals surface area contributed by atoms with Crippen molar-refractivity contribution in [1.29, 1.82) is 0 Å². The molecule has 2 heterocycles. The predicted molar refractivity (Wildman–Crippen MR) is 77.5 cm³/mol. The number of carbonyl (C=O) groups excluding carboxylic acids is 1. The van der Waals surface area contributed by atoms with E-state index in [1.54, 1.807) is 6.20 Å². The number of carbonyl (C=O) groups is 1. The number of nitrogens with zero attached hydrogens (tertiary/aromatic N) is 3. The molecule has 1 aliphatic rings. The van der Waals surface area contributed by atoms with Gasteiger partial charge < -0.3 is 20.9 Å². The number of aromatic nitrogens is 3. The average molecular weight is 292 g/mol. The summed E-state index contributed by atoms with van der Waals surface area (Å²) in [7, 11) is 1.92. The van der Waals surface area contributed by atoms with E-state index in [0.717, 1.165) is 18.7 Å². The minimum Gasteiger partial charge on any atom is -0.382 e. The van der Waals surface area contributed by atoms with Crippen molar-refractivity contribution in [3.8, 4) is 0 Å². The Morgan fingerprint density at radius 3 is 3.05 bits per heavy atom. The van der Waals surface area contributed by atoms with Crippen LogP contribution in [0.25, 0.3) is 0 Å². The Hall–Kier alpha value is -2.09. The third kappa shape index (κ3) is 2.60. The molecule has 8 heteroatoms. The molecule has 0 aromatic carbocycles. The molecule has 2 aromatic rings. The molecule has 0 aliphatic heterocycles. The lowest BCUT2D eigenvalue weighted by Crippen LogP contribution is -2.26. The van der Waals surface area contributed by atoms with Crippen molar-refractivity contribution in [2.75, 3.05) is 11.1 Å². The highest BCUT2D eigenvalue weighted by Crippen LogP contribution is 2.28. The molecular formula is C12H16N6OS. The average Bonchev–Trinajstić information content (AvgIpc) is 3.00. The second kappa shape index (κ2) is 5.12. The highest BCUT2D eigenvalue weighted by atomic mass is 32.1. The summed E-state index contributed by atoms with van der Waals surface area (Å²) in [5.74, 6) is 1.00. The fourth-order valence-corrected chi connectivity index (χ4v) is 2.56. The number of hydrogen-bond donors (Lipinski definition) is 3. The van der Waals surface area contributed by atoms with Gasteiger partial charge in [-0.15, -0.1) is 0 Å². The molecule has 106 valence electrons. The SMILES string of the molecule is Cn1ccnc1CNc1snc(N)c1C(=O)NC1CC1. The Morgan fingerprint density at radius 2 is 2.40 bits per heavy atom. The summed E-state index contributed by atoms with van der Waals surface area (Å²) in [6.07, 6.45) is 5.69. The summed E-state index contributed by atoms with van der Waals surface area (Å²) >= 11 is 1.20. The third-order valence-electron chi connectivity index (χ3n) is 3.19. The molecule has 2 aromatic heterocycles. The first-order valence-electron chi connectivity index (χ1n) is 6.41. The van der Waals surface area contributed by atoms with E-state index in [9.17, 15) is 4.79 Å². The Labute approximate surface area is 120 Å². The smallest absolute Gasteiger partial charge is 0.258 e. The minimum absolute atomic E-state index is 0.152. The molecule has 0 atom stereocenters. The largest absolute Gasteiger partial charge is 0.382 e. The lowest BCUT2D eigenvalue weighted by Gasteiger charge is -2.07. The zero-order valence-electron chi connectivity index (χ0n) is 11.1. The van der Waals surface area contributed by atoms with Gasteiger partial charge in [0.15, 0.2) is 5.82 Å². The highest BCUT2D eigenvalue weighted by molar-refractivity contribution is 7.11. The molecule has 0 unspecified atom stereocenters. The molecule has 1 aliphatic carbocycles. The third-order valence-corrected chi connectivity index (χ3v) is 4.01. The van der Waals surface area contributed by atoms with Crippen molar-refractivity contribution in [3.63, 3.8) is 0 Å². The van der Waals surface area contributed by atoms with Crippen LogP contribution in [0.15, 0.2) is 12.4 Å². The molecule has 0 spiro atoms. The number of imidazole rings is 1. The summed E-state index contributed by atoms with van der Waals surface area (Å²) in [6, 6.07) is 0.296. The molecule has 4 N–H and O–H groups in total. The Kier molecular flexibility index (Phi) is 3.31. The molecule has 0 radical (unpaired) electrons. The molecule has 0 bridgehead atoms. The van der Waals surface area contributed by atoms with Gasteiger partial charge in [-0.1, -0.05) is 0 Å². The number of hydrogen-bond acceptors (Lipinski definition) is 6. The number of amides is 1. The van der Waals surface area contributed by atoms with Crippen molar-refractivity contribution in [3.05, 3.63) is 23.8 Å². The van der Waals surface area contributed by atoms with Gasteiger partial charge in [0.05, 0.1) is 6.54 Å². The number of nitrogens with one attached hydrogen (secondary N) is 2. The van der Waals surface area contributed by atoms with Gasteiger partial charge in [0.1, 0.15) is 16.4 Å². The first-order chi connectivity index (χ1) is 9.65. The van der Waals surface area contributed by atoms with Crippen molar-refractivity contribution >= 4 is 28.3 Å². The zero-order valence-corrected chi connectivity index (χ0v) is 11.9. The van der Waals surface area contributed by atoms with Gasteiger partial charge in [-0.2, -0.15) is 4.37 Å². The van der Waals surface area contributed by atoms with E-state index in [2.05, 4.69) is 20.0 Å². The Bertz CT molecular complexity index is 630. The number of anilines is 2. The van der Waals surface area contributed by atoms with E-state index in [-0.39, 0.29) is 11.7 Å². The van der Waals surface area contributed by atoms with E-state index in [4.69, 9.17) is 5.73 Å². The molecular weight excluding hydrogens is 276 g/mol. The molecule has 1 saturated carbocycles. The number of nitrogens with two attached hydrogens (primary N) is 1. The number of nitrogen functional groups attached to an aromatic ring is 1. The summed E-state index contributed by atoms with van der Waals surface area (Å²) in [4.78, 5) is 16.4. The molecule has 1 amide bonds. The summed E-state index contributed by atoms with van der Waals surface area (Å²) < 4.78 is 5.97. The topological polar surface area (TPSA) is 97.9 Å². The highest BCUT2D eigenvalue weighted by Gasteiger charge is 2.27. The Balaban J connectivity index is 1.72. The van der Waals surface area contributed by atoms with Crippen LogP contribution in [0.2, 0.25) is 0 Å². The molecule has 7 nitrogen and oxygen atoms in total. The van der Waals surface area contributed by atoms with Crippen LogP contribution in [0.4, 0.5) is 10.8 Å². The van der Waals surface area contributed by atoms with Gasteiger partial charge in [0, 0.05) is 25.5 Å². The van der Waals surface area contributed by atoms with Gasteiger partial charge in [-0.25, -0.2) is 4.98 Å². The van der Waals surface area contributed by atoms with Gasteiger partial charge in [-0.05, 0) is 24.4 Å². The van der Waals surface area contributed by atoms with Crippen LogP contribution in [0.1, 0.15) is 29.0 Å². The maximum Gasteiger partial charge on any atom is 0.258 e. The van der Waals surface area contributed by atoms with Gasteiger partial charge in [0.25, 0.3) is 5.91 Å². The van der Waals surface area contributed by atoms with Crippen molar-refractivity contribution in [2.24, 2.45) is 7.05 Å². The van der Waals surface area contributed by atoms with E-state index in [1.165, 1.54) is 11.5 Å². The maximum absolute atomic E-state index is 12.1. The van der Waals surface area contributed by atoms with Crippen molar-refractivity contribution < 1.29 is 4.79 Å². The van der Waals surface area contributed by atoms with Crippen LogP contribution in [0, 0.1) is 0 Å². The van der Waals surface area contributed by atoms with E-state index < -0.39 is 0 Å². The number of aryl methyl sites for hydroxylation is 1. The van der Waals surface area contributed by atoms with Crippen LogP contribution in [-0.4, -0.2) is 25.9 Å². The summed E-state index contributed by atoms with van der Waals surface area (Å²) in [5.41, 5.74) is 6.24. The summed E-state index contributed by atoms with van der Waals surface area (Å²) in [5, 5.41) is 6.80. The second-order valence-corrected chi connectivity index (χ2v) is 5.60. The van der Waals surface area contributed by atoms with E-state index in [1.807, 2.05) is 17.8 Å².